The van der Waals surface area contributed by atoms with Crippen molar-refractivity contribution in [2.75, 3.05) is 0 Å². The molecule has 0 N–H and O–H groups in total. The Balaban J connectivity index is 0.000000122. The molecule has 0 aromatic heterocycles. The summed E-state index contributed by atoms with van der Waals surface area (Å²) < 4.78 is 0. The first kappa shape index (κ1) is 49.4. The first-order valence-electron chi connectivity index (χ1n) is 25.2. The average Bonchev–Trinajstić information content (AvgIpc) is 3.71. The molecule has 10 aromatic rings. The van der Waals surface area contributed by atoms with E-state index < -0.39 is 0 Å². The average molecular weight is 913 g/mol. The molecule has 2 aliphatic carbocycles. The Morgan fingerprint density at radius 2 is 0.514 bits per heavy atom. The van der Waals surface area contributed by atoms with E-state index in [0.717, 1.165) is 0 Å². The molecule has 12 rings (SSSR count). The van der Waals surface area contributed by atoms with E-state index in [1.165, 1.54) is 132 Å². The van der Waals surface area contributed by atoms with E-state index in [1.54, 1.807) is 0 Å². The molecule has 0 amide bonds. The summed E-state index contributed by atoms with van der Waals surface area (Å²) in [5, 5.41) is 8.15. The van der Waals surface area contributed by atoms with Crippen LogP contribution in [0.2, 0.25) is 0 Å². The molecule has 352 valence electrons. The van der Waals surface area contributed by atoms with Crippen LogP contribution in [0.5, 0.6) is 0 Å². The highest BCUT2D eigenvalue weighted by molar-refractivity contribution is 6.18. The summed E-state index contributed by atoms with van der Waals surface area (Å²) in [5.74, 6) is 0. The lowest BCUT2D eigenvalue weighted by Crippen LogP contribution is -2.14. The maximum atomic E-state index is 2.33. The van der Waals surface area contributed by atoms with Crippen LogP contribution in [0, 0.1) is 69.2 Å². The summed E-state index contributed by atoms with van der Waals surface area (Å²) in [6, 6.07) is 66.2. The molecule has 0 radical (unpaired) electrons. The molecule has 0 bridgehead atoms. The van der Waals surface area contributed by atoms with Crippen molar-refractivity contribution in [1.82, 2.24) is 0 Å². The van der Waals surface area contributed by atoms with Gasteiger partial charge in [0.1, 0.15) is 0 Å². The van der Waals surface area contributed by atoms with Crippen LogP contribution in [0.15, 0.2) is 182 Å². The number of fused-ring (bicyclic) bond motifs is 11. The molecule has 0 fully saturated rings. The van der Waals surface area contributed by atoms with E-state index in [4.69, 9.17) is 0 Å². The maximum Gasteiger partial charge on any atom is 0.0158 e. The highest BCUT2D eigenvalue weighted by Crippen LogP contribution is 2.50. The van der Waals surface area contributed by atoms with E-state index >= 15 is 0 Å². The molecule has 10 aromatic carbocycles. The minimum absolute atomic E-state index is 0.152. The Kier molecular flexibility index (Phi) is 14.2. The van der Waals surface area contributed by atoms with Gasteiger partial charge < -0.3 is 0 Å². The van der Waals surface area contributed by atoms with Gasteiger partial charge in [0.25, 0.3) is 0 Å². The molecular weight excluding hydrogens is 841 g/mol. The second-order valence-electron chi connectivity index (χ2n) is 21.2. The molecule has 0 saturated heterocycles. The maximum absolute atomic E-state index is 2.33. The molecule has 0 heterocycles. The summed E-state index contributed by atoms with van der Waals surface area (Å²) in [6.45, 7) is 30.8. The van der Waals surface area contributed by atoms with E-state index in [9.17, 15) is 0 Å². The Morgan fingerprint density at radius 3 is 0.871 bits per heavy atom. The van der Waals surface area contributed by atoms with Crippen LogP contribution in [-0.4, -0.2) is 0 Å². The van der Waals surface area contributed by atoms with Gasteiger partial charge in [0.2, 0.25) is 0 Å². The van der Waals surface area contributed by atoms with Gasteiger partial charge in [-0.05, 0) is 179 Å². The van der Waals surface area contributed by atoms with Crippen molar-refractivity contribution in [3.05, 3.63) is 260 Å². The van der Waals surface area contributed by atoms with Crippen LogP contribution >= 0.6 is 0 Å². The van der Waals surface area contributed by atoms with E-state index in [2.05, 4.69) is 279 Å². The zero-order valence-electron chi connectivity index (χ0n) is 44.3. The summed E-state index contributed by atoms with van der Waals surface area (Å²) in [7, 11) is 0. The van der Waals surface area contributed by atoms with Gasteiger partial charge in [-0.3, -0.25) is 0 Å². The van der Waals surface area contributed by atoms with Crippen molar-refractivity contribution in [3.8, 4) is 22.3 Å². The third kappa shape index (κ3) is 9.88. The van der Waals surface area contributed by atoms with E-state index in [0.29, 0.717) is 0 Å². The van der Waals surface area contributed by atoms with Crippen molar-refractivity contribution >= 4 is 32.3 Å². The molecule has 0 heteroatoms. The minimum Gasteiger partial charge on any atom is -0.0619 e. The van der Waals surface area contributed by atoms with Crippen molar-refractivity contribution < 1.29 is 0 Å². The highest BCUT2D eigenvalue weighted by Gasteiger charge is 2.35. The van der Waals surface area contributed by atoms with Gasteiger partial charge in [0.05, 0.1) is 0 Å². The summed E-state index contributed by atoms with van der Waals surface area (Å²) in [6.07, 6.45) is 0. The van der Waals surface area contributed by atoms with Crippen LogP contribution in [0.1, 0.15) is 106 Å². The zero-order chi connectivity index (χ0) is 50.1. The molecule has 0 saturated carbocycles. The molecule has 70 heavy (non-hydrogen) atoms. The normalized spacial score (nSPS) is 12.9. The quantitative estimate of drug-likeness (QED) is 0.133. The molecule has 0 nitrogen and oxygen atoms in total. The third-order valence-electron chi connectivity index (χ3n) is 15.1. The molecule has 2 aliphatic rings. The SMILES string of the molecule is Cc1cc2c3ccccc3c(C)cc2c2ccccc12.Cc1ccc(C)c(C)c1.Cc1ccc(C)c(C)c1.Cc1ccc2c(c1)-c1ccccc1C2(C)C.Cc1ccc2c(c1)-c1ccccc1C2(C)C. The lowest BCUT2D eigenvalue weighted by atomic mass is 9.82. The van der Waals surface area contributed by atoms with Gasteiger partial charge in [0.15, 0.2) is 0 Å². The molecule has 0 spiro atoms. The largest absolute Gasteiger partial charge is 0.0619 e. The van der Waals surface area contributed by atoms with Gasteiger partial charge in [0, 0.05) is 10.8 Å². The lowest BCUT2D eigenvalue weighted by Gasteiger charge is -2.21. The van der Waals surface area contributed by atoms with Gasteiger partial charge in [-0.2, -0.15) is 0 Å². The summed E-state index contributed by atoms with van der Waals surface area (Å²) in [5.41, 5.74) is 25.4. The second kappa shape index (κ2) is 20.1. The smallest absolute Gasteiger partial charge is 0.0158 e. The monoisotopic (exact) mass is 913 g/mol. The Morgan fingerprint density at radius 1 is 0.214 bits per heavy atom. The van der Waals surface area contributed by atoms with E-state index in [-0.39, 0.29) is 10.8 Å². The number of hydrogen-bond acceptors (Lipinski definition) is 0. The van der Waals surface area contributed by atoms with Crippen LogP contribution in [0.3, 0.4) is 0 Å². The standard InChI is InChI=1S/C20H16.2C16H16.2C9H12/c1-13-11-19-18-10-6-4-8-16(18)14(2)12-20(19)17-9-5-3-7-15(13)17;2*1-11-8-9-15-13(10-11)12-6-4-5-7-14(12)16(15,2)3;2*1-7-4-5-8(2)9(3)6-7/h3-12H,1-2H3;2*4-10H,1-3H3;2*4-6H,1-3H3. The topological polar surface area (TPSA) is 0 Å². The minimum atomic E-state index is 0.152. The molecule has 0 aliphatic heterocycles. The number of benzene rings is 10. The predicted molar refractivity (Wildman–Crippen MR) is 307 cm³/mol. The number of rotatable bonds is 0. The lowest BCUT2D eigenvalue weighted by molar-refractivity contribution is 0.660. The second-order valence-corrected chi connectivity index (χ2v) is 21.2. The third-order valence-corrected chi connectivity index (χ3v) is 15.1. The van der Waals surface area contributed by atoms with Gasteiger partial charge in [-0.25, -0.2) is 0 Å². The fourth-order valence-electron chi connectivity index (χ4n) is 10.8. The van der Waals surface area contributed by atoms with Crippen LogP contribution in [0.4, 0.5) is 0 Å². The highest BCUT2D eigenvalue weighted by atomic mass is 14.4. The first-order chi connectivity index (χ1) is 33.4. The zero-order valence-corrected chi connectivity index (χ0v) is 44.3. The van der Waals surface area contributed by atoms with Crippen LogP contribution in [-0.2, 0) is 10.8 Å². The summed E-state index contributed by atoms with van der Waals surface area (Å²) >= 11 is 0. The molecule has 0 atom stereocenters. The van der Waals surface area contributed by atoms with Crippen molar-refractivity contribution in [1.29, 1.82) is 0 Å². The predicted octanol–water partition coefficient (Wildman–Crippen LogP) is 19.6. The fourth-order valence-corrected chi connectivity index (χ4v) is 10.8. The molecule has 0 unspecified atom stereocenters. The van der Waals surface area contributed by atoms with Gasteiger partial charge in [-0.15, -0.1) is 0 Å². The van der Waals surface area contributed by atoms with Crippen molar-refractivity contribution in [2.45, 2.75) is 108 Å². The number of hydrogen-bond donors (Lipinski definition) is 0. The Bertz CT molecular complexity index is 3300. The fraction of sp³-hybridized carbons (Fsp3) is 0.229. The van der Waals surface area contributed by atoms with Crippen LogP contribution < -0.4 is 0 Å². The molecular formula is C70H72. The number of aryl methyl sites for hydroxylation is 10. The van der Waals surface area contributed by atoms with Gasteiger partial charge >= 0.3 is 0 Å². The van der Waals surface area contributed by atoms with Crippen molar-refractivity contribution in [3.63, 3.8) is 0 Å². The van der Waals surface area contributed by atoms with Crippen LogP contribution in [0.25, 0.3) is 54.6 Å². The first-order valence-corrected chi connectivity index (χ1v) is 25.2. The van der Waals surface area contributed by atoms with Crippen molar-refractivity contribution in [2.24, 2.45) is 0 Å². The van der Waals surface area contributed by atoms with Gasteiger partial charge in [-0.1, -0.05) is 232 Å². The summed E-state index contributed by atoms with van der Waals surface area (Å²) in [4.78, 5) is 0. The Labute approximate surface area is 420 Å². The Hall–Kier alpha value is -7.02. The van der Waals surface area contributed by atoms with E-state index in [1.807, 2.05) is 0 Å².